The lowest BCUT2D eigenvalue weighted by Crippen LogP contribution is -2.36. The Bertz CT molecular complexity index is 393. The van der Waals surface area contributed by atoms with Gasteiger partial charge in [-0.25, -0.2) is 4.79 Å². The highest BCUT2D eigenvalue weighted by molar-refractivity contribution is 6.33. The van der Waals surface area contributed by atoms with E-state index in [0.29, 0.717) is 10.7 Å². The van der Waals surface area contributed by atoms with Crippen LogP contribution in [0.15, 0.2) is 18.2 Å². The maximum atomic E-state index is 11.7. The monoisotopic (exact) mass is 254 g/mol. The van der Waals surface area contributed by atoms with Gasteiger partial charge < -0.3 is 10.6 Å². The first-order valence-electron chi connectivity index (χ1n) is 5.86. The van der Waals surface area contributed by atoms with Crippen LogP contribution >= 0.6 is 11.6 Å². The highest BCUT2D eigenvalue weighted by Crippen LogP contribution is 2.22. The van der Waals surface area contributed by atoms with Crippen molar-refractivity contribution in [3.05, 3.63) is 28.8 Å². The van der Waals surface area contributed by atoms with Crippen molar-refractivity contribution in [1.29, 1.82) is 0 Å². The zero-order valence-corrected chi connectivity index (χ0v) is 11.3. The normalized spacial score (nSPS) is 12.0. The minimum absolute atomic E-state index is 0.171. The number of carbonyl (C=O) groups is 1. The third kappa shape index (κ3) is 4.65. The van der Waals surface area contributed by atoms with E-state index in [-0.39, 0.29) is 12.1 Å². The van der Waals surface area contributed by atoms with E-state index in [9.17, 15) is 4.79 Å². The van der Waals surface area contributed by atoms with Gasteiger partial charge in [0.15, 0.2) is 0 Å². The maximum absolute atomic E-state index is 11.7. The van der Waals surface area contributed by atoms with Crippen molar-refractivity contribution in [2.45, 2.75) is 39.7 Å². The molecule has 0 aliphatic heterocycles. The molecule has 0 heterocycles. The van der Waals surface area contributed by atoms with Gasteiger partial charge in [-0.05, 0) is 38.0 Å². The smallest absolute Gasteiger partial charge is 0.319 e. The molecule has 0 aliphatic rings. The summed E-state index contributed by atoms with van der Waals surface area (Å²) in [4.78, 5) is 11.7. The number of anilines is 1. The van der Waals surface area contributed by atoms with Crippen molar-refractivity contribution < 1.29 is 4.79 Å². The summed E-state index contributed by atoms with van der Waals surface area (Å²) in [5.74, 6) is 0. The Morgan fingerprint density at radius 2 is 2.18 bits per heavy atom. The molecule has 1 aromatic carbocycles. The molecule has 0 spiro atoms. The fourth-order valence-electron chi connectivity index (χ4n) is 1.61. The topological polar surface area (TPSA) is 41.1 Å². The summed E-state index contributed by atoms with van der Waals surface area (Å²) in [6.07, 6.45) is 2.02. The zero-order valence-electron chi connectivity index (χ0n) is 10.5. The zero-order chi connectivity index (χ0) is 12.8. The molecule has 94 valence electrons. The van der Waals surface area contributed by atoms with Crippen molar-refractivity contribution in [3.63, 3.8) is 0 Å². The quantitative estimate of drug-likeness (QED) is 0.839. The van der Waals surface area contributed by atoms with Crippen LogP contribution in [0, 0.1) is 6.92 Å². The molecular weight excluding hydrogens is 236 g/mol. The summed E-state index contributed by atoms with van der Waals surface area (Å²) >= 11 is 6.03. The number of halogens is 1. The lowest BCUT2D eigenvalue weighted by Gasteiger charge is -2.14. The van der Waals surface area contributed by atoms with Crippen molar-refractivity contribution >= 4 is 23.3 Å². The third-order valence-corrected chi connectivity index (χ3v) is 2.78. The van der Waals surface area contributed by atoms with Crippen molar-refractivity contribution in [1.82, 2.24) is 5.32 Å². The van der Waals surface area contributed by atoms with Crippen LogP contribution in [0.3, 0.4) is 0 Å². The molecule has 0 saturated carbocycles. The summed E-state index contributed by atoms with van der Waals surface area (Å²) in [5, 5.41) is 6.17. The fraction of sp³-hybridized carbons (Fsp3) is 0.462. The number of benzene rings is 1. The second-order valence-corrected chi connectivity index (χ2v) is 4.68. The van der Waals surface area contributed by atoms with Gasteiger partial charge >= 0.3 is 6.03 Å². The van der Waals surface area contributed by atoms with Crippen LogP contribution < -0.4 is 10.6 Å². The van der Waals surface area contributed by atoms with Gasteiger partial charge in [0.2, 0.25) is 0 Å². The lowest BCUT2D eigenvalue weighted by atomic mass is 10.2. The SMILES string of the molecule is CCCC(C)NC(=O)Nc1ccc(C)cc1Cl. The number of aryl methyl sites for hydroxylation is 1. The Morgan fingerprint density at radius 1 is 1.47 bits per heavy atom. The van der Waals surface area contributed by atoms with Crippen molar-refractivity contribution in [3.8, 4) is 0 Å². The molecule has 0 saturated heterocycles. The van der Waals surface area contributed by atoms with E-state index in [0.717, 1.165) is 18.4 Å². The van der Waals surface area contributed by atoms with Gasteiger partial charge in [-0.1, -0.05) is 31.0 Å². The predicted octanol–water partition coefficient (Wildman–Crippen LogP) is 3.96. The fourth-order valence-corrected chi connectivity index (χ4v) is 1.89. The van der Waals surface area contributed by atoms with Gasteiger partial charge in [-0.2, -0.15) is 0 Å². The molecule has 0 radical (unpaired) electrons. The van der Waals surface area contributed by atoms with Gasteiger partial charge in [-0.3, -0.25) is 0 Å². The second-order valence-electron chi connectivity index (χ2n) is 4.27. The van der Waals surface area contributed by atoms with E-state index < -0.39 is 0 Å². The Kier molecular flexibility index (Phi) is 5.29. The first kappa shape index (κ1) is 13.8. The van der Waals surface area contributed by atoms with Gasteiger partial charge in [-0.15, -0.1) is 0 Å². The standard InChI is InChI=1S/C13H19ClN2O/c1-4-5-10(3)15-13(17)16-12-7-6-9(2)8-11(12)14/h6-8,10H,4-5H2,1-3H3,(H2,15,16,17). The molecule has 1 aromatic rings. The predicted molar refractivity (Wildman–Crippen MR) is 72.7 cm³/mol. The van der Waals surface area contributed by atoms with Gasteiger partial charge in [0.25, 0.3) is 0 Å². The number of nitrogens with one attached hydrogen (secondary N) is 2. The molecule has 2 N–H and O–H groups in total. The highest BCUT2D eigenvalue weighted by atomic mass is 35.5. The van der Waals surface area contributed by atoms with E-state index in [1.165, 1.54) is 0 Å². The van der Waals surface area contributed by atoms with E-state index in [1.807, 2.05) is 32.0 Å². The number of hydrogen-bond donors (Lipinski definition) is 2. The van der Waals surface area contributed by atoms with Crippen LogP contribution in [0.25, 0.3) is 0 Å². The molecule has 2 amide bonds. The Hall–Kier alpha value is -1.22. The largest absolute Gasteiger partial charge is 0.335 e. The van der Waals surface area contributed by atoms with Crippen LogP contribution in [0.1, 0.15) is 32.3 Å². The Morgan fingerprint density at radius 3 is 2.76 bits per heavy atom. The summed E-state index contributed by atoms with van der Waals surface area (Å²) in [5.41, 5.74) is 1.71. The minimum atomic E-state index is -0.211. The van der Waals surface area contributed by atoms with Crippen molar-refractivity contribution in [2.24, 2.45) is 0 Å². The number of rotatable bonds is 4. The van der Waals surface area contributed by atoms with E-state index >= 15 is 0 Å². The van der Waals surface area contributed by atoms with Crippen LogP contribution in [0.4, 0.5) is 10.5 Å². The molecule has 17 heavy (non-hydrogen) atoms. The third-order valence-electron chi connectivity index (χ3n) is 2.47. The number of urea groups is 1. The summed E-state index contributed by atoms with van der Waals surface area (Å²) in [6.45, 7) is 6.03. The van der Waals surface area contributed by atoms with Crippen LogP contribution in [0.5, 0.6) is 0 Å². The molecule has 0 aromatic heterocycles. The first-order chi connectivity index (χ1) is 8.02. The first-order valence-corrected chi connectivity index (χ1v) is 6.24. The van der Waals surface area contributed by atoms with E-state index in [4.69, 9.17) is 11.6 Å². The summed E-state index contributed by atoms with van der Waals surface area (Å²) in [7, 11) is 0. The Labute approximate surface area is 108 Å². The molecule has 3 nitrogen and oxygen atoms in total. The van der Waals surface area contributed by atoms with Crippen molar-refractivity contribution in [2.75, 3.05) is 5.32 Å². The van der Waals surface area contributed by atoms with Gasteiger partial charge in [0.1, 0.15) is 0 Å². The van der Waals surface area contributed by atoms with Crippen LogP contribution in [-0.2, 0) is 0 Å². The van der Waals surface area contributed by atoms with Crippen LogP contribution in [0.2, 0.25) is 5.02 Å². The number of amides is 2. The molecule has 1 atom stereocenters. The highest BCUT2D eigenvalue weighted by Gasteiger charge is 2.08. The number of hydrogen-bond acceptors (Lipinski definition) is 1. The van der Waals surface area contributed by atoms with E-state index in [1.54, 1.807) is 0 Å². The summed E-state index contributed by atoms with van der Waals surface area (Å²) < 4.78 is 0. The molecule has 4 heteroatoms. The molecule has 0 fully saturated rings. The average molecular weight is 255 g/mol. The summed E-state index contributed by atoms with van der Waals surface area (Å²) in [6, 6.07) is 5.51. The van der Waals surface area contributed by atoms with E-state index in [2.05, 4.69) is 17.6 Å². The number of carbonyl (C=O) groups excluding carboxylic acids is 1. The molecular formula is C13H19ClN2O. The Balaban J connectivity index is 2.56. The second kappa shape index (κ2) is 6.50. The van der Waals surface area contributed by atoms with Gasteiger partial charge in [0, 0.05) is 6.04 Å². The lowest BCUT2D eigenvalue weighted by molar-refractivity contribution is 0.248. The maximum Gasteiger partial charge on any atom is 0.319 e. The molecule has 1 rings (SSSR count). The molecule has 0 aliphatic carbocycles. The molecule has 1 unspecified atom stereocenters. The van der Waals surface area contributed by atoms with Crippen LogP contribution in [-0.4, -0.2) is 12.1 Å². The molecule has 0 bridgehead atoms. The average Bonchev–Trinajstić information content (AvgIpc) is 2.22. The minimum Gasteiger partial charge on any atom is -0.335 e. The van der Waals surface area contributed by atoms with Gasteiger partial charge in [0.05, 0.1) is 10.7 Å².